The Balaban J connectivity index is 2.18. The van der Waals surface area contributed by atoms with Gasteiger partial charge in [0.25, 0.3) is 0 Å². The van der Waals surface area contributed by atoms with Crippen LogP contribution in [-0.2, 0) is 0 Å². The Bertz CT molecular complexity index is 883. The summed E-state index contributed by atoms with van der Waals surface area (Å²) in [5, 5.41) is 22.4. The number of aromatic carboxylic acids is 2. The Morgan fingerprint density at radius 1 is 0.870 bits per heavy atom. The van der Waals surface area contributed by atoms with Gasteiger partial charge >= 0.3 is 11.9 Å². The summed E-state index contributed by atoms with van der Waals surface area (Å²) in [7, 11) is 0. The number of benzene rings is 2. The Kier molecular flexibility index (Phi) is 3.64. The third kappa shape index (κ3) is 2.69. The highest BCUT2D eigenvalue weighted by molar-refractivity contribution is 6.01. The molecule has 0 spiro atoms. The van der Waals surface area contributed by atoms with Crippen LogP contribution >= 0.6 is 0 Å². The molecule has 0 radical (unpaired) electrons. The molecule has 0 unspecified atom stereocenters. The zero-order chi connectivity index (χ0) is 16.4. The van der Waals surface area contributed by atoms with Gasteiger partial charge in [0, 0.05) is 11.1 Å². The fourth-order valence-electron chi connectivity index (χ4n) is 2.27. The number of nitrogens with zero attached hydrogens (tertiary/aromatic N) is 1. The van der Waals surface area contributed by atoms with Gasteiger partial charge in [-0.05, 0) is 12.1 Å². The molecule has 114 valence electrons. The van der Waals surface area contributed by atoms with Crippen LogP contribution in [0.15, 0.2) is 59.1 Å². The van der Waals surface area contributed by atoms with Crippen molar-refractivity contribution in [3.8, 4) is 22.6 Å². The SMILES string of the molecule is O=C(O)c1cccc(-c2noc(-c3ccccc3)c2C(=O)O)c1. The van der Waals surface area contributed by atoms with Gasteiger partial charge in [0.2, 0.25) is 0 Å². The zero-order valence-electron chi connectivity index (χ0n) is 11.8. The molecule has 6 nitrogen and oxygen atoms in total. The van der Waals surface area contributed by atoms with E-state index in [1.165, 1.54) is 18.2 Å². The zero-order valence-corrected chi connectivity index (χ0v) is 11.8. The minimum Gasteiger partial charge on any atom is -0.478 e. The molecule has 0 fully saturated rings. The van der Waals surface area contributed by atoms with Gasteiger partial charge in [-0.25, -0.2) is 9.59 Å². The fraction of sp³-hybridized carbons (Fsp3) is 0. The molecule has 0 amide bonds. The van der Waals surface area contributed by atoms with E-state index >= 15 is 0 Å². The minimum absolute atomic E-state index is 0.0445. The summed E-state index contributed by atoms with van der Waals surface area (Å²) in [6.45, 7) is 0. The fourth-order valence-corrected chi connectivity index (χ4v) is 2.27. The van der Waals surface area contributed by atoms with E-state index in [0.29, 0.717) is 11.1 Å². The third-order valence-corrected chi connectivity index (χ3v) is 3.32. The topological polar surface area (TPSA) is 101 Å². The second-order valence-corrected chi connectivity index (χ2v) is 4.79. The van der Waals surface area contributed by atoms with Crippen LogP contribution in [0.2, 0.25) is 0 Å². The quantitative estimate of drug-likeness (QED) is 0.766. The number of hydrogen-bond acceptors (Lipinski definition) is 4. The highest BCUT2D eigenvalue weighted by atomic mass is 16.5. The van der Waals surface area contributed by atoms with E-state index in [0.717, 1.165) is 0 Å². The van der Waals surface area contributed by atoms with Crippen LogP contribution < -0.4 is 0 Å². The van der Waals surface area contributed by atoms with Crippen molar-refractivity contribution in [3.63, 3.8) is 0 Å². The molecule has 0 aliphatic rings. The second-order valence-electron chi connectivity index (χ2n) is 4.79. The van der Waals surface area contributed by atoms with Gasteiger partial charge in [-0.3, -0.25) is 0 Å². The van der Waals surface area contributed by atoms with Gasteiger partial charge in [0.15, 0.2) is 5.76 Å². The van der Waals surface area contributed by atoms with Crippen LogP contribution in [0, 0.1) is 0 Å². The van der Waals surface area contributed by atoms with E-state index in [2.05, 4.69) is 5.16 Å². The lowest BCUT2D eigenvalue weighted by Gasteiger charge is -2.01. The van der Waals surface area contributed by atoms with E-state index in [4.69, 9.17) is 9.63 Å². The van der Waals surface area contributed by atoms with E-state index < -0.39 is 11.9 Å². The van der Waals surface area contributed by atoms with Gasteiger partial charge < -0.3 is 14.7 Å². The predicted octanol–water partition coefficient (Wildman–Crippen LogP) is 3.41. The van der Waals surface area contributed by atoms with E-state index in [1.54, 1.807) is 36.4 Å². The summed E-state index contributed by atoms with van der Waals surface area (Å²) in [5.74, 6) is -2.16. The summed E-state index contributed by atoms with van der Waals surface area (Å²) in [4.78, 5) is 22.7. The molecule has 0 aliphatic carbocycles. The molecule has 1 aromatic heterocycles. The van der Waals surface area contributed by atoms with Crippen LogP contribution in [0.25, 0.3) is 22.6 Å². The molecule has 23 heavy (non-hydrogen) atoms. The van der Waals surface area contributed by atoms with Crippen LogP contribution in [-0.4, -0.2) is 27.3 Å². The van der Waals surface area contributed by atoms with Crippen molar-refractivity contribution < 1.29 is 24.3 Å². The normalized spacial score (nSPS) is 10.4. The standard InChI is InChI=1S/C17H11NO5/c19-16(20)12-8-4-7-11(9-12)14-13(17(21)22)15(23-18-14)10-5-2-1-3-6-10/h1-9H,(H,19,20)(H,21,22). The number of rotatable bonds is 4. The molecule has 2 aromatic carbocycles. The Hall–Kier alpha value is -3.41. The van der Waals surface area contributed by atoms with Crippen molar-refractivity contribution in [2.24, 2.45) is 0 Å². The van der Waals surface area contributed by atoms with Crippen LogP contribution in [0.1, 0.15) is 20.7 Å². The molecule has 0 bridgehead atoms. The predicted molar refractivity (Wildman–Crippen MR) is 81.3 cm³/mol. The van der Waals surface area contributed by atoms with Crippen molar-refractivity contribution in [3.05, 3.63) is 65.7 Å². The Morgan fingerprint density at radius 3 is 2.22 bits per heavy atom. The molecule has 0 atom stereocenters. The molecule has 1 heterocycles. The maximum Gasteiger partial charge on any atom is 0.342 e. The first kappa shape index (κ1) is 14.5. The van der Waals surface area contributed by atoms with Crippen molar-refractivity contribution >= 4 is 11.9 Å². The first-order valence-corrected chi connectivity index (χ1v) is 6.70. The molecular weight excluding hydrogens is 298 g/mol. The highest BCUT2D eigenvalue weighted by Crippen LogP contribution is 2.32. The molecule has 6 heteroatoms. The summed E-state index contributed by atoms with van der Waals surface area (Å²) in [6, 6.07) is 14.6. The lowest BCUT2D eigenvalue weighted by Crippen LogP contribution is -2.01. The van der Waals surface area contributed by atoms with Gasteiger partial charge in [0.05, 0.1) is 5.56 Å². The summed E-state index contributed by atoms with van der Waals surface area (Å²) >= 11 is 0. The minimum atomic E-state index is -1.19. The lowest BCUT2D eigenvalue weighted by atomic mass is 10.0. The Morgan fingerprint density at radius 2 is 1.57 bits per heavy atom. The van der Waals surface area contributed by atoms with Crippen molar-refractivity contribution in [2.45, 2.75) is 0 Å². The van der Waals surface area contributed by atoms with E-state index in [9.17, 15) is 14.7 Å². The van der Waals surface area contributed by atoms with Crippen molar-refractivity contribution in [2.75, 3.05) is 0 Å². The molecule has 0 saturated heterocycles. The molecular formula is C17H11NO5. The molecule has 2 N–H and O–H groups in total. The lowest BCUT2D eigenvalue weighted by molar-refractivity contribution is 0.0687. The van der Waals surface area contributed by atoms with Crippen LogP contribution in [0.3, 0.4) is 0 Å². The summed E-state index contributed by atoms with van der Waals surface area (Å²) < 4.78 is 5.22. The number of carbonyl (C=O) groups is 2. The van der Waals surface area contributed by atoms with Gasteiger partial charge in [0.1, 0.15) is 11.3 Å². The molecule has 3 rings (SSSR count). The molecule has 0 aliphatic heterocycles. The summed E-state index contributed by atoms with van der Waals surface area (Å²) in [6.07, 6.45) is 0. The number of aromatic nitrogens is 1. The average molecular weight is 309 g/mol. The van der Waals surface area contributed by atoms with Gasteiger partial charge in [-0.15, -0.1) is 0 Å². The first-order valence-electron chi connectivity index (χ1n) is 6.70. The van der Waals surface area contributed by atoms with E-state index in [1.807, 2.05) is 0 Å². The van der Waals surface area contributed by atoms with E-state index in [-0.39, 0.29) is 22.6 Å². The third-order valence-electron chi connectivity index (χ3n) is 3.32. The maximum absolute atomic E-state index is 11.7. The smallest absolute Gasteiger partial charge is 0.342 e. The number of hydrogen-bond donors (Lipinski definition) is 2. The van der Waals surface area contributed by atoms with Crippen molar-refractivity contribution in [1.82, 2.24) is 5.16 Å². The maximum atomic E-state index is 11.7. The second kappa shape index (κ2) is 5.76. The monoisotopic (exact) mass is 309 g/mol. The summed E-state index contributed by atoms with van der Waals surface area (Å²) in [5.41, 5.74) is 0.993. The Labute approximate surface area is 130 Å². The molecule has 0 saturated carbocycles. The average Bonchev–Trinajstić information content (AvgIpc) is 3.01. The molecule has 3 aromatic rings. The largest absolute Gasteiger partial charge is 0.478 e. The highest BCUT2D eigenvalue weighted by Gasteiger charge is 2.25. The van der Waals surface area contributed by atoms with Gasteiger partial charge in [-0.2, -0.15) is 0 Å². The first-order chi connectivity index (χ1) is 11.1. The van der Waals surface area contributed by atoms with Crippen molar-refractivity contribution in [1.29, 1.82) is 0 Å². The number of carboxylic acids is 2. The number of carboxylic acid groups (broad SMARTS) is 2. The van der Waals surface area contributed by atoms with Gasteiger partial charge in [-0.1, -0.05) is 47.6 Å². The van der Waals surface area contributed by atoms with Crippen LogP contribution in [0.4, 0.5) is 0 Å². The van der Waals surface area contributed by atoms with Crippen LogP contribution in [0.5, 0.6) is 0 Å².